The molecule has 0 spiro atoms. The van der Waals surface area contributed by atoms with Gasteiger partial charge in [0.05, 0.1) is 6.04 Å². The van der Waals surface area contributed by atoms with E-state index in [4.69, 9.17) is 15.9 Å². The Bertz CT molecular complexity index is 648. The van der Waals surface area contributed by atoms with Gasteiger partial charge in [-0.2, -0.15) is 25.3 Å². The maximum atomic E-state index is 12.8. The fourth-order valence-corrected chi connectivity index (χ4v) is 3.04. The highest BCUT2D eigenvalue weighted by atomic mass is 32.1. The van der Waals surface area contributed by atoms with Gasteiger partial charge in [-0.3, -0.25) is 19.2 Å². The normalized spacial score (nSPS) is 14.8. The van der Waals surface area contributed by atoms with E-state index in [0.717, 1.165) is 0 Å². The predicted octanol–water partition coefficient (Wildman–Crippen LogP) is -0.987. The summed E-state index contributed by atoms with van der Waals surface area (Å²) >= 11 is 7.88. The quantitative estimate of drug-likeness (QED) is 0.137. The predicted molar refractivity (Wildman–Crippen MR) is 120 cm³/mol. The number of nitrogens with two attached hydrogens (primary N) is 1. The number of nitrogens with one attached hydrogen (secondary N) is 3. The van der Waals surface area contributed by atoms with Gasteiger partial charge in [0.15, 0.2) is 0 Å². The highest BCUT2D eigenvalue weighted by molar-refractivity contribution is 7.80. The third-order valence-corrected chi connectivity index (χ3v) is 4.82. The topological polar surface area (TPSA) is 188 Å². The number of aliphatic carboxylic acids is 2. The van der Waals surface area contributed by atoms with E-state index in [1.807, 2.05) is 0 Å². The Morgan fingerprint density at radius 2 is 1.35 bits per heavy atom. The minimum atomic E-state index is -1.28. The van der Waals surface area contributed by atoms with Crippen LogP contribution in [-0.4, -0.2) is 75.5 Å². The Morgan fingerprint density at radius 3 is 1.81 bits per heavy atom. The summed E-state index contributed by atoms with van der Waals surface area (Å²) in [6.45, 7) is 3.61. The van der Waals surface area contributed by atoms with Crippen molar-refractivity contribution in [2.45, 2.75) is 63.7 Å². The van der Waals surface area contributed by atoms with E-state index in [-0.39, 0.29) is 30.9 Å². The van der Waals surface area contributed by atoms with Gasteiger partial charge in [-0.15, -0.1) is 0 Å². The molecule has 0 aliphatic heterocycles. The first-order chi connectivity index (χ1) is 14.4. The summed E-state index contributed by atoms with van der Waals surface area (Å²) < 4.78 is 0. The van der Waals surface area contributed by atoms with Crippen molar-refractivity contribution < 1.29 is 34.2 Å². The van der Waals surface area contributed by atoms with E-state index in [2.05, 4.69) is 41.2 Å². The number of carboxylic acids is 2. The van der Waals surface area contributed by atoms with E-state index < -0.39 is 60.2 Å². The molecule has 0 aliphatic carbocycles. The molecule has 0 saturated heterocycles. The number of thiol groups is 2. The van der Waals surface area contributed by atoms with Crippen LogP contribution in [0, 0.1) is 5.92 Å². The number of carboxylic acid groups (broad SMARTS) is 2. The highest BCUT2D eigenvalue weighted by Crippen LogP contribution is 2.08. The molecule has 0 saturated carbocycles. The van der Waals surface area contributed by atoms with E-state index >= 15 is 0 Å². The monoisotopic (exact) mass is 480 g/mol. The van der Waals surface area contributed by atoms with Gasteiger partial charge in [0.1, 0.15) is 18.1 Å². The third kappa shape index (κ3) is 11.8. The van der Waals surface area contributed by atoms with E-state index in [9.17, 15) is 24.0 Å². The largest absolute Gasteiger partial charge is 0.481 e. The molecule has 13 heteroatoms. The summed E-state index contributed by atoms with van der Waals surface area (Å²) in [5.41, 5.74) is 5.71. The molecule has 31 heavy (non-hydrogen) atoms. The summed E-state index contributed by atoms with van der Waals surface area (Å²) in [5, 5.41) is 25.2. The van der Waals surface area contributed by atoms with Gasteiger partial charge in [0.2, 0.25) is 17.7 Å². The van der Waals surface area contributed by atoms with Crippen molar-refractivity contribution in [1.29, 1.82) is 0 Å². The molecule has 178 valence electrons. The third-order valence-electron chi connectivity index (χ3n) is 4.19. The number of carbonyl (C=O) groups excluding carboxylic acids is 3. The zero-order valence-electron chi connectivity index (χ0n) is 17.5. The fraction of sp³-hybridized carbons (Fsp3) is 0.722. The summed E-state index contributed by atoms with van der Waals surface area (Å²) in [7, 11) is 0. The lowest BCUT2D eigenvalue weighted by Gasteiger charge is -2.25. The minimum Gasteiger partial charge on any atom is -0.481 e. The molecule has 0 fully saturated rings. The van der Waals surface area contributed by atoms with Crippen molar-refractivity contribution in [3.63, 3.8) is 0 Å². The van der Waals surface area contributed by atoms with Crippen LogP contribution in [-0.2, 0) is 24.0 Å². The molecule has 0 heterocycles. The van der Waals surface area contributed by atoms with Gasteiger partial charge in [0.25, 0.3) is 0 Å². The lowest BCUT2D eigenvalue weighted by Crippen LogP contribution is -2.57. The second kappa shape index (κ2) is 14.9. The summed E-state index contributed by atoms with van der Waals surface area (Å²) in [6, 6.07) is -4.51. The second-order valence-corrected chi connectivity index (χ2v) is 8.20. The van der Waals surface area contributed by atoms with Crippen LogP contribution < -0.4 is 21.7 Å². The van der Waals surface area contributed by atoms with Crippen LogP contribution in [0.2, 0.25) is 0 Å². The van der Waals surface area contributed by atoms with Gasteiger partial charge in [-0.25, -0.2) is 4.79 Å². The molecule has 0 rings (SSSR count). The van der Waals surface area contributed by atoms with Crippen molar-refractivity contribution in [3.05, 3.63) is 0 Å². The van der Waals surface area contributed by atoms with Crippen molar-refractivity contribution in [1.82, 2.24) is 16.0 Å². The van der Waals surface area contributed by atoms with Crippen LogP contribution in [0.1, 0.15) is 39.5 Å². The number of hydrogen-bond acceptors (Lipinski definition) is 8. The molecule has 0 bridgehead atoms. The molecule has 11 nitrogen and oxygen atoms in total. The minimum absolute atomic E-state index is 0.0359. The van der Waals surface area contributed by atoms with Crippen LogP contribution >= 0.6 is 25.3 Å². The average molecular weight is 481 g/mol. The van der Waals surface area contributed by atoms with Crippen molar-refractivity contribution in [3.8, 4) is 0 Å². The first-order valence-electron chi connectivity index (χ1n) is 9.75. The molecule has 0 aromatic rings. The lowest BCUT2D eigenvalue weighted by molar-refractivity contribution is -0.141. The molecule has 0 radical (unpaired) electrons. The number of hydrogen-bond donors (Lipinski definition) is 8. The highest BCUT2D eigenvalue weighted by Gasteiger charge is 2.30. The van der Waals surface area contributed by atoms with Crippen LogP contribution in [0.3, 0.4) is 0 Å². The van der Waals surface area contributed by atoms with E-state index in [1.54, 1.807) is 13.8 Å². The van der Waals surface area contributed by atoms with Crippen LogP contribution in [0.4, 0.5) is 0 Å². The molecule has 3 amide bonds. The van der Waals surface area contributed by atoms with Gasteiger partial charge >= 0.3 is 11.9 Å². The summed E-state index contributed by atoms with van der Waals surface area (Å²) in [4.78, 5) is 59.6. The van der Waals surface area contributed by atoms with Gasteiger partial charge in [0, 0.05) is 12.2 Å². The van der Waals surface area contributed by atoms with Crippen molar-refractivity contribution in [2.24, 2.45) is 11.7 Å². The van der Waals surface area contributed by atoms with Crippen molar-refractivity contribution >= 4 is 54.9 Å². The summed E-state index contributed by atoms with van der Waals surface area (Å²) in [5.74, 6) is -4.43. The van der Waals surface area contributed by atoms with Crippen molar-refractivity contribution in [2.75, 3.05) is 11.5 Å². The molecular weight excluding hydrogens is 448 g/mol. The van der Waals surface area contributed by atoms with Gasteiger partial charge in [-0.1, -0.05) is 13.8 Å². The Hall–Kier alpha value is -1.99. The van der Waals surface area contributed by atoms with Gasteiger partial charge < -0.3 is 31.9 Å². The van der Waals surface area contributed by atoms with E-state index in [1.165, 1.54) is 0 Å². The first-order valence-corrected chi connectivity index (χ1v) is 11.0. The molecular formula is C18H32N4O7S2. The number of amides is 3. The smallest absolute Gasteiger partial charge is 0.327 e. The van der Waals surface area contributed by atoms with Crippen LogP contribution in [0.5, 0.6) is 0 Å². The molecule has 0 unspecified atom stereocenters. The molecule has 4 atom stereocenters. The maximum absolute atomic E-state index is 12.8. The number of carbonyl (C=O) groups is 5. The molecule has 0 aromatic carbocycles. The standard InChI is InChI=1S/C18H32N4O7S2/c1-9(2)7-12(17(27)22-13(8-31)18(28)29)21-16(26)11(3-4-14(23)24)20-15(25)10(19)5-6-30/h9-13,30-31H,3-8,19H2,1-2H3,(H,20,25)(H,21,26)(H,22,27)(H,23,24)(H,28,29)/t10-,11+,12+,13+/m1/s1. The zero-order valence-corrected chi connectivity index (χ0v) is 19.3. The van der Waals surface area contributed by atoms with Crippen LogP contribution in [0.25, 0.3) is 0 Å². The zero-order chi connectivity index (χ0) is 24.1. The number of rotatable bonds is 15. The SMILES string of the molecule is CC(C)C[C@H](NC(=O)[C@H](CCC(=O)O)NC(=O)[C@H](N)CCS)C(=O)N[C@@H](CS)C(=O)O. The average Bonchev–Trinajstić information content (AvgIpc) is 2.67. The molecule has 0 aromatic heterocycles. The first kappa shape index (κ1) is 29.0. The Morgan fingerprint density at radius 1 is 0.839 bits per heavy atom. The van der Waals surface area contributed by atoms with Crippen LogP contribution in [0.15, 0.2) is 0 Å². The lowest BCUT2D eigenvalue weighted by atomic mass is 10.0. The molecule has 0 aliphatic rings. The second-order valence-electron chi connectivity index (χ2n) is 7.39. The Labute approximate surface area is 192 Å². The Kier molecular flexibility index (Phi) is 14.0. The Balaban J connectivity index is 5.43. The van der Waals surface area contributed by atoms with E-state index in [0.29, 0.717) is 5.75 Å². The summed E-state index contributed by atoms with van der Waals surface area (Å²) in [6.07, 6.45) is -0.178. The van der Waals surface area contributed by atoms with Gasteiger partial charge in [-0.05, 0) is 30.9 Å². The fourth-order valence-electron chi connectivity index (χ4n) is 2.52. The molecule has 7 N–H and O–H groups in total. The maximum Gasteiger partial charge on any atom is 0.327 e.